The van der Waals surface area contributed by atoms with E-state index in [0.29, 0.717) is 10.5 Å². The minimum atomic E-state index is -1.43. The van der Waals surface area contributed by atoms with Crippen molar-refractivity contribution in [1.82, 2.24) is 0 Å². The Labute approximate surface area is 94.4 Å². The van der Waals surface area contributed by atoms with E-state index in [1.807, 2.05) is 0 Å². The molecule has 0 atom stereocenters. The van der Waals surface area contributed by atoms with Crippen molar-refractivity contribution in [2.45, 2.75) is 12.8 Å². The van der Waals surface area contributed by atoms with Crippen LogP contribution in [0.1, 0.15) is 12.8 Å². The second-order valence-corrected chi connectivity index (χ2v) is 4.21. The third-order valence-corrected chi connectivity index (χ3v) is 2.95. The Kier molecular flexibility index (Phi) is 3.19. The predicted octanol–water partition coefficient (Wildman–Crippen LogP) is 0.620. The monoisotopic (exact) mass is 225 g/mol. The zero-order valence-corrected chi connectivity index (χ0v) is 9.11. The summed E-state index contributed by atoms with van der Waals surface area (Å²) in [4.78, 5) is 2.14. The lowest BCUT2D eigenvalue weighted by Gasteiger charge is -2.21. The number of halogens is 1. The lowest BCUT2D eigenvalue weighted by atomic mass is 9.78. The van der Waals surface area contributed by atoms with Gasteiger partial charge in [-0.25, -0.2) is 0 Å². The molecule has 2 N–H and O–H groups in total. The third kappa shape index (κ3) is 2.28. The van der Waals surface area contributed by atoms with E-state index in [2.05, 4.69) is 4.90 Å². The van der Waals surface area contributed by atoms with Crippen LogP contribution in [0.3, 0.4) is 0 Å². The van der Waals surface area contributed by atoms with E-state index < -0.39 is 7.12 Å². The molecule has 1 saturated heterocycles. The summed E-state index contributed by atoms with van der Waals surface area (Å²) >= 11 is 5.91. The van der Waals surface area contributed by atoms with Gasteiger partial charge in [0.25, 0.3) is 0 Å². The fraction of sp³-hybridized carbons (Fsp3) is 0.400. The molecular formula is C10H13BClNO2. The molecule has 15 heavy (non-hydrogen) atoms. The van der Waals surface area contributed by atoms with Crippen LogP contribution in [-0.2, 0) is 0 Å². The highest BCUT2D eigenvalue weighted by Gasteiger charge is 2.22. The zero-order valence-electron chi connectivity index (χ0n) is 8.36. The van der Waals surface area contributed by atoms with Gasteiger partial charge in [0.15, 0.2) is 0 Å². The Morgan fingerprint density at radius 3 is 2.47 bits per heavy atom. The van der Waals surface area contributed by atoms with Crippen LogP contribution in [0.5, 0.6) is 0 Å². The summed E-state index contributed by atoms with van der Waals surface area (Å²) in [5, 5.41) is 19.1. The molecule has 1 aromatic carbocycles. The largest absolute Gasteiger partial charge is 0.490 e. The van der Waals surface area contributed by atoms with E-state index in [1.54, 1.807) is 18.2 Å². The first-order chi connectivity index (χ1) is 7.18. The molecule has 1 aliphatic heterocycles. The molecule has 0 spiro atoms. The summed E-state index contributed by atoms with van der Waals surface area (Å²) in [5.41, 5.74) is 1.37. The molecule has 2 rings (SSSR count). The number of benzene rings is 1. The molecule has 1 heterocycles. The van der Waals surface area contributed by atoms with Crippen LogP contribution < -0.4 is 10.4 Å². The summed E-state index contributed by atoms with van der Waals surface area (Å²) in [7, 11) is -1.43. The van der Waals surface area contributed by atoms with E-state index in [0.717, 1.165) is 31.6 Å². The predicted molar refractivity (Wildman–Crippen MR) is 62.7 cm³/mol. The number of nitrogens with zero attached hydrogens (tertiary/aromatic N) is 1. The second-order valence-electron chi connectivity index (χ2n) is 3.77. The summed E-state index contributed by atoms with van der Waals surface area (Å²) in [6.45, 7) is 1.92. The Bertz CT molecular complexity index is 353. The molecule has 0 radical (unpaired) electrons. The topological polar surface area (TPSA) is 43.7 Å². The van der Waals surface area contributed by atoms with Crippen LogP contribution >= 0.6 is 11.6 Å². The molecule has 1 aliphatic rings. The molecule has 0 aromatic heterocycles. The number of hydrogen-bond acceptors (Lipinski definition) is 3. The van der Waals surface area contributed by atoms with E-state index in [9.17, 15) is 10.0 Å². The molecule has 0 unspecified atom stereocenters. The molecule has 0 bridgehead atoms. The molecular weight excluding hydrogens is 212 g/mol. The summed E-state index contributed by atoms with van der Waals surface area (Å²) in [6, 6.07) is 5.14. The highest BCUT2D eigenvalue weighted by Crippen LogP contribution is 2.21. The Morgan fingerprint density at radius 1 is 1.20 bits per heavy atom. The maximum atomic E-state index is 9.24. The summed E-state index contributed by atoms with van der Waals surface area (Å²) in [6.07, 6.45) is 2.29. The third-order valence-electron chi connectivity index (χ3n) is 2.72. The minimum Gasteiger partial charge on any atom is -0.423 e. The van der Waals surface area contributed by atoms with Crippen LogP contribution in [0, 0.1) is 0 Å². The van der Waals surface area contributed by atoms with Crippen molar-refractivity contribution in [2.24, 2.45) is 0 Å². The van der Waals surface area contributed by atoms with Gasteiger partial charge in [-0.2, -0.15) is 0 Å². The van der Waals surface area contributed by atoms with Crippen molar-refractivity contribution in [3.05, 3.63) is 23.2 Å². The van der Waals surface area contributed by atoms with Gasteiger partial charge >= 0.3 is 7.12 Å². The fourth-order valence-corrected chi connectivity index (χ4v) is 2.13. The van der Waals surface area contributed by atoms with Gasteiger partial charge < -0.3 is 14.9 Å². The normalized spacial score (nSPS) is 15.8. The molecule has 5 heteroatoms. The lowest BCUT2D eigenvalue weighted by Crippen LogP contribution is -2.36. The molecule has 0 saturated carbocycles. The van der Waals surface area contributed by atoms with Gasteiger partial charge in [0.05, 0.1) is 0 Å². The van der Waals surface area contributed by atoms with Gasteiger partial charge in [-0.3, -0.25) is 0 Å². The number of hydrogen-bond donors (Lipinski definition) is 2. The quantitative estimate of drug-likeness (QED) is 0.725. The van der Waals surface area contributed by atoms with E-state index in [-0.39, 0.29) is 0 Å². The average molecular weight is 225 g/mol. The first kappa shape index (κ1) is 10.8. The molecule has 0 aliphatic carbocycles. The Balaban J connectivity index is 2.37. The number of anilines is 1. The highest BCUT2D eigenvalue weighted by atomic mass is 35.5. The van der Waals surface area contributed by atoms with Gasteiger partial charge in [-0.05, 0) is 25.0 Å². The van der Waals surface area contributed by atoms with Crippen molar-refractivity contribution in [3.63, 3.8) is 0 Å². The first-order valence-corrected chi connectivity index (χ1v) is 5.47. The van der Waals surface area contributed by atoms with Crippen molar-refractivity contribution in [1.29, 1.82) is 0 Å². The van der Waals surface area contributed by atoms with Gasteiger partial charge in [0, 0.05) is 29.3 Å². The highest BCUT2D eigenvalue weighted by molar-refractivity contribution is 6.60. The van der Waals surface area contributed by atoms with E-state index >= 15 is 0 Å². The SMILES string of the molecule is OB(O)c1ccc(Cl)cc1N1CCCC1. The van der Waals surface area contributed by atoms with Crippen molar-refractivity contribution in [2.75, 3.05) is 18.0 Å². The fourth-order valence-electron chi connectivity index (χ4n) is 1.97. The van der Waals surface area contributed by atoms with Gasteiger partial charge in [0.1, 0.15) is 0 Å². The van der Waals surface area contributed by atoms with Crippen LogP contribution in [0.2, 0.25) is 5.02 Å². The lowest BCUT2D eigenvalue weighted by molar-refractivity contribution is 0.426. The second kappa shape index (κ2) is 4.43. The Morgan fingerprint density at radius 2 is 1.87 bits per heavy atom. The first-order valence-electron chi connectivity index (χ1n) is 5.09. The van der Waals surface area contributed by atoms with Crippen molar-refractivity contribution in [3.8, 4) is 0 Å². The smallest absolute Gasteiger partial charge is 0.423 e. The van der Waals surface area contributed by atoms with Crippen LogP contribution in [0.4, 0.5) is 5.69 Å². The molecule has 1 fully saturated rings. The molecule has 3 nitrogen and oxygen atoms in total. The molecule has 1 aromatic rings. The van der Waals surface area contributed by atoms with Gasteiger partial charge in [-0.15, -0.1) is 0 Å². The van der Waals surface area contributed by atoms with Crippen LogP contribution in [0.15, 0.2) is 18.2 Å². The summed E-state index contributed by atoms with van der Waals surface area (Å²) < 4.78 is 0. The zero-order chi connectivity index (χ0) is 10.8. The van der Waals surface area contributed by atoms with Gasteiger partial charge in [0.2, 0.25) is 0 Å². The molecule has 80 valence electrons. The number of rotatable bonds is 2. The van der Waals surface area contributed by atoms with E-state index in [1.165, 1.54) is 0 Å². The van der Waals surface area contributed by atoms with Crippen LogP contribution in [-0.4, -0.2) is 30.3 Å². The molecule has 0 amide bonds. The average Bonchev–Trinajstić information content (AvgIpc) is 2.69. The van der Waals surface area contributed by atoms with Gasteiger partial charge in [-0.1, -0.05) is 17.7 Å². The van der Waals surface area contributed by atoms with Crippen LogP contribution in [0.25, 0.3) is 0 Å². The Hall–Kier alpha value is -0.705. The maximum Gasteiger partial charge on any atom is 0.490 e. The minimum absolute atomic E-state index is 0.529. The standard InChI is InChI=1S/C10H13BClNO2/c12-8-3-4-9(11(14)15)10(7-8)13-5-1-2-6-13/h3-4,7,14-15H,1-2,5-6H2. The van der Waals surface area contributed by atoms with E-state index in [4.69, 9.17) is 11.6 Å². The van der Waals surface area contributed by atoms with Crippen molar-refractivity contribution < 1.29 is 10.0 Å². The van der Waals surface area contributed by atoms with Crippen molar-refractivity contribution >= 4 is 29.9 Å². The maximum absolute atomic E-state index is 9.24. The summed E-state index contributed by atoms with van der Waals surface area (Å²) in [5.74, 6) is 0.